The number of carboxylic acid groups (broad SMARTS) is 1. The predicted octanol–water partition coefficient (Wildman–Crippen LogP) is 2.07. The van der Waals surface area contributed by atoms with Crippen LogP contribution in [-0.2, 0) is 4.79 Å². The van der Waals surface area contributed by atoms with E-state index in [2.05, 4.69) is 20.3 Å². The summed E-state index contributed by atoms with van der Waals surface area (Å²) in [6, 6.07) is 1.91. The van der Waals surface area contributed by atoms with E-state index < -0.39 is 11.4 Å². The Morgan fingerprint density at radius 2 is 2.06 bits per heavy atom. The molecule has 0 radical (unpaired) electrons. The van der Waals surface area contributed by atoms with E-state index in [9.17, 15) is 19.5 Å². The van der Waals surface area contributed by atoms with E-state index >= 15 is 0 Å². The number of carbonyl (C=O) groups excluding carboxylic acids is 1. The maximum Gasteiger partial charge on any atom is 0.341 e. The molecular formula is C21H19N7O4S. The summed E-state index contributed by atoms with van der Waals surface area (Å²) >= 11 is 1.32. The molecule has 0 bridgehead atoms. The topological polar surface area (TPSA) is 135 Å². The summed E-state index contributed by atoms with van der Waals surface area (Å²) < 4.78 is 3.37. The molecule has 11 nitrogen and oxygen atoms in total. The number of pyridine rings is 2. The van der Waals surface area contributed by atoms with E-state index in [-0.39, 0.29) is 22.9 Å². The van der Waals surface area contributed by atoms with E-state index in [0.29, 0.717) is 40.9 Å². The molecule has 0 saturated carbocycles. The molecule has 168 valence electrons. The Morgan fingerprint density at radius 3 is 2.73 bits per heavy atom. The van der Waals surface area contributed by atoms with Gasteiger partial charge < -0.3 is 15.3 Å². The first kappa shape index (κ1) is 20.8. The quantitative estimate of drug-likeness (QED) is 0.457. The number of aryl methyl sites for hydroxylation is 1. The highest BCUT2D eigenvalue weighted by Gasteiger charge is 2.31. The van der Waals surface area contributed by atoms with Crippen LogP contribution in [0.3, 0.4) is 0 Å². The summed E-state index contributed by atoms with van der Waals surface area (Å²) in [7, 11) is 0. The van der Waals surface area contributed by atoms with Crippen LogP contribution in [-0.4, -0.2) is 54.4 Å². The second-order valence-electron chi connectivity index (χ2n) is 7.81. The van der Waals surface area contributed by atoms with Gasteiger partial charge in [-0.2, -0.15) is 5.10 Å². The van der Waals surface area contributed by atoms with E-state index in [1.54, 1.807) is 46.2 Å². The molecule has 1 amide bonds. The molecule has 4 aromatic rings. The lowest BCUT2D eigenvalue weighted by atomic mass is 10.1. The largest absolute Gasteiger partial charge is 0.477 e. The van der Waals surface area contributed by atoms with Crippen molar-refractivity contribution >= 4 is 45.8 Å². The van der Waals surface area contributed by atoms with Crippen LogP contribution < -0.4 is 15.6 Å². The Kier molecular flexibility index (Phi) is 4.93. The van der Waals surface area contributed by atoms with Crippen molar-refractivity contribution in [3.63, 3.8) is 0 Å². The van der Waals surface area contributed by atoms with Crippen LogP contribution in [0.15, 0.2) is 41.0 Å². The number of hydrogen-bond donors (Lipinski definition) is 2. The minimum atomic E-state index is -1.29. The Hall–Kier alpha value is -4.06. The minimum absolute atomic E-state index is 0.112. The van der Waals surface area contributed by atoms with Crippen molar-refractivity contribution in [2.75, 3.05) is 23.3 Å². The zero-order chi connectivity index (χ0) is 23.3. The van der Waals surface area contributed by atoms with Crippen molar-refractivity contribution in [2.24, 2.45) is 0 Å². The zero-order valence-corrected chi connectivity index (χ0v) is 18.5. The number of anilines is 2. The van der Waals surface area contributed by atoms with Crippen LogP contribution in [0.25, 0.3) is 16.2 Å². The molecule has 4 aromatic heterocycles. The highest BCUT2D eigenvalue weighted by Crippen LogP contribution is 2.30. The van der Waals surface area contributed by atoms with Crippen LogP contribution in [0, 0.1) is 6.92 Å². The number of amides is 1. The third-order valence-electron chi connectivity index (χ3n) is 5.48. The van der Waals surface area contributed by atoms with Crippen molar-refractivity contribution in [1.82, 2.24) is 24.3 Å². The molecule has 0 spiro atoms. The molecule has 2 N–H and O–H groups in total. The van der Waals surface area contributed by atoms with E-state index in [1.807, 2.05) is 0 Å². The smallest absolute Gasteiger partial charge is 0.341 e. The van der Waals surface area contributed by atoms with Gasteiger partial charge in [0.05, 0.1) is 23.3 Å². The Balaban J connectivity index is 1.51. The van der Waals surface area contributed by atoms with Gasteiger partial charge in [-0.25, -0.2) is 14.8 Å². The van der Waals surface area contributed by atoms with Crippen molar-refractivity contribution < 1.29 is 14.7 Å². The molecule has 5 heterocycles. The molecule has 0 aliphatic carbocycles. The lowest BCUT2D eigenvalue weighted by Crippen LogP contribution is -2.48. The highest BCUT2D eigenvalue weighted by atomic mass is 32.1. The number of nitrogens with zero attached hydrogens (tertiary/aromatic N) is 6. The van der Waals surface area contributed by atoms with Gasteiger partial charge >= 0.3 is 5.97 Å². The maximum atomic E-state index is 12.9. The van der Waals surface area contributed by atoms with Crippen molar-refractivity contribution in [3.8, 4) is 5.13 Å². The van der Waals surface area contributed by atoms with Gasteiger partial charge in [-0.1, -0.05) is 0 Å². The third-order valence-corrected chi connectivity index (χ3v) is 6.25. The molecule has 1 saturated heterocycles. The predicted molar refractivity (Wildman–Crippen MR) is 122 cm³/mol. The number of carbonyl (C=O) groups is 2. The molecule has 1 fully saturated rings. The molecule has 1 aliphatic rings. The van der Waals surface area contributed by atoms with Gasteiger partial charge in [0.1, 0.15) is 11.4 Å². The summed E-state index contributed by atoms with van der Waals surface area (Å²) in [5.74, 6) is -0.768. The summed E-state index contributed by atoms with van der Waals surface area (Å²) in [6.07, 6.45) is 6.29. The van der Waals surface area contributed by atoms with Crippen LogP contribution in [0.1, 0.15) is 28.9 Å². The van der Waals surface area contributed by atoms with Gasteiger partial charge in [0, 0.05) is 44.0 Å². The van der Waals surface area contributed by atoms with Gasteiger partial charge in [-0.15, -0.1) is 11.3 Å². The van der Waals surface area contributed by atoms with E-state index in [4.69, 9.17) is 4.98 Å². The first-order chi connectivity index (χ1) is 15.8. The van der Waals surface area contributed by atoms with Crippen molar-refractivity contribution in [2.45, 2.75) is 19.9 Å². The number of thiazole rings is 1. The molecule has 33 heavy (non-hydrogen) atoms. The SMILES string of the molecule is CC(=O)Nc1cnn(C2CN(c3cc(C)c4c(=O)c(C(=O)O)cn(-c5nccs5)c4n3)C2)c1. The van der Waals surface area contributed by atoms with Gasteiger partial charge in [0.15, 0.2) is 10.8 Å². The van der Waals surface area contributed by atoms with Crippen molar-refractivity contribution in [1.29, 1.82) is 0 Å². The molecule has 0 aromatic carbocycles. The number of hydrogen-bond acceptors (Lipinski definition) is 8. The summed E-state index contributed by atoms with van der Waals surface area (Å²) in [5, 5.41) is 19.1. The average molecular weight is 465 g/mol. The summed E-state index contributed by atoms with van der Waals surface area (Å²) in [4.78, 5) is 46.8. The molecule has 12 heteroatoms. The molecule has 0 atom stereocenters. The van der Waals surface area contributed by atoms with Crippen LogP contribution in [0.2, 0.25) is 0 Å². The van der Waals surface area contributed by atoms with Crippen LogP contribution >= 0.6 is 11.3 Å². The number of fused-ring (bicyclic) bond motifs is 1. The zero-order valence-electron chi connectivity index (χ0n) is 17.7. The highest BCUT2D eigenvalue weighted by molar-refractivity contribution is 7.12. The second kappa shape index (κ2) is 7.81. The number of aromatic carboxylic acids is 1. The number of carboxylic acids is 1. The van der Waals surface area contributed by atoms with Gasteiger partial charge in [-0.3, -0.25) is 18.8 Å². The number of aromatic nitrogens is 5. The second-order valence-corrected chi connectivity index (χ2v) is 8.68. The first-order valence-corrected chi connectivity index (χ1v) is 11.0. The molecule has 5 rings (SSSR count). The minimum Gasteiger partial charge on any atom is -0.477 e. The van der Waals surface area contributed by atoms with Crippen molar-refractivity contribution in [3.05, 3.63) is 57.6 Å². The number of nitrogens with one attached hydrogen (secondary N) is 1. The fourth-order valence-corrected chi connectivity index (χ4v) is 4.51. The fourth-order valence-electron chi connectivity index (χ4n) is 3.89. The monoisotopic (exact) mass is 465 g/mol. The molecule has 0 unspecified atom stereocenters. The third kappa shape index (κ3) is 3.63. The standard InChI is InChI=1S/C21H19N7O4S/c1-11-5-16(26-8-14(9-26)28-7-13(6-23-28)24-12(2)29)25-19-17(11)18(30)15(20(31)32)10-27(19)21-22-3-4-33-21/h3-7,10,14H,8-9H2,1-2H3,(H,24,29)(H,31,32). The Morgan fingerprint density at radius 1 is 1.27 bits per heavy atom. The summed E-state index contributed by atoms with van der Waals surface area (Å²) in [6.45, 7) is 4.51. The Labute approximate surface area is 190 Å². The van der Waals surface area contributed by atoms with Gasteiger partial charge in [0.2, 0.25) is 11.3 Å². The van der Waals surface area contributed by atoms with E-state index in [0.717, 1.165) is 0 Å². The Bertz CT molecular complexity index is 1450. The molecule has 1 aliphatic heterocycles. The van der Waals surface area contributed by atoms with Gasteiger partial charge in [0.25, 0.3) is 0 Å². The van der Waals surface area contributed by atoms with Crippen LogP contribution in [0.4, 0.5) is 11.5 Å². The van der Waals surface area contributed by atoms with E-state index in [1.165, 1.54) is 24.5 Å². The summed E-state index contributed by atoms with van der Waals surface area (Å²) in [5.41, 5.74) is 0.759. The average Bonchev–Trinajstić information content (AvgIpc) is 3.39. The first-order valence-electron chi connectivity index (χ1n) is 10.1. The lowest BCUT2D eigenvalue weighted by Gasteiger charge is -2.40. The molecular weight excluding hydrogens is 446 g/mol. The fraction of sp³-hybridized carbons (Fsp3) is 0.238. The van der Waals surface area contributed by atoms with Crippen LogP contribution in [0.5, 0.6) is 0 Å². The van der Waals surface area contributed by atoms with Gasteiger partial charge in [-0.05, 0) is 18.6 Å². The normalized spacial score (nSPS) is 13.8. The number of rotatable bonds is 5. The lowest BCUT2D eigenvalue weighted by molar-refractivity contribution is -0.114. The maximum absolute atomic E-state index is 12.9.